The summed E-state index contributed by atoms with van der Waals surface area (Å²) in [4.78, 5) is 4.23. The first-order chi connectivity index (χ1) is 16.3. The number of halogens is 1. The number of hydrogen-bond acceptors (Lipinski definition) is 8. The second-order valence-corrected chi connectivity index (χ2v) is 10.0. The quantitative estimate of drug-likeness (QED) is 0.333. The van der Waals surface area contributed by atoms with E-state index in [9.17, 15) is 8.42 Å². The molecule has 1 N–H and O–H groups in total. The van der Waals surface area contributed by atoms with Crippen molar-refractivity contribution in [2.75, 3.05) is 24.7 Å². The number of aromatic nitrogens is 4. The van der Waals surface area contributed by atoms with E-state index in [1.165, 1.54) is 18.8 Å². The van der Waals surface area contributed by atoms with Crippen LogP contribution in [-0.4, -0.2) is 48.1 Å². The highest BCUT2D eigenvalue weighted by molar-refractivity contribution is 9.10. The second-order valence-electron chi connectivity index (χ2n) is 7.24. The van der Waals surface area contributed by atoms with Crippen LogP contribution in [0.4, 0.5) is 5.95 Å². The number of nitrogens with one attached hydrogen (secondary N) is 1. The van der Waals surface area contributed by atoms with Gasteiger partial charge >= 0.3 is 0 Å². The van der Waals surface area contributed by atoms with Crippen LogP contribution in [0.3, 0.4) is 0 Å². The topological polar surface area (TPSA) is 121 Å². The Morgan fingerprint density at radius 1 is 1.06 bits per heavy atom. The summed E-state index contributed by atoms with van der Waals surface area (Å²) >= 11 is 3.32. The zero-order valence-corrected chi connectivity index (χ0v) is 21.1. The van der Waals surface area contributed by atoms with Gasteiger partial charge in [0.05, 0.1) is 20.0 Å². The van der Waals surface area contributed by atoms with Crippen LogP contribution in [0.5, 0.6) is 11.5 Å². The maximum atomic E-state index is 13.0. The standard InChI is InChI=1S/C22H22BrN5O5S/c1-14-7-10-19(33-14)21-25-26-22(28(21)20-17(31-2)5-4-6-18(20)32-3)27-34(29,30)12-11-16-9-8-15(23)13-24-16/h4-10,13H,11-12H2,1-3H3,(H,26,27). The Labute approximate surface area is 205 Å². The van der Waals surface area contributed by atoms with Crippen LogP contribution in [0, 0.1) is 6.92 Å². The van der Waals surface area contributed by atoms with E-state index in [2.05, 4.69) is 35.8 Å². The molecule has 4 aromatic rings. The molecule has 0 radical (unpaired) electrons. The molecule has 0 saturated heterocycles. The van der Waals surface area contributed by atoms with Crippen LogP contribution in [0.1, 0.15) is 11.5 Å². The molecule has 0 spiro atoms. The van der Waals surface area contributed by atoms with Gasteiger partial charge in [-0.15, -0.1) is 10.2 Å². The summed E-state index contributed by atoms with van der Waals surface area (Å²) in [6.07, 6.45) is 1.84. The van der Waals surface area contributed by atoms with Crippen LogP contribution >= 0.6 is 15.9 Å². The van der Waals surface area contributed by atoms with Crippen molar-refractivity contribution in [3.8, 4) is 28.8 Å². The fourth-order valence-electron chi connectivity index (χ4n) is 3.31. The lowest BCUT2D eigenvalue weighted by molar-refractivity contribution is 0.391. The summed E-state index contributed by atoms with van der Waals surface area (Å²) in [6.45, 7) is 1.80. The largest absolute Gasteiger partial charge is 0.494 e. The van der Waals surface area contributed by atoms with Gasteiger partial charge in [-0.2, -0.15) is 0 Å². The SMILES string of the molecule is COc1cccc(OC)c1-n1c(NS(=O)(=O)CCc2ccc(Br)cn2)nnc1-c1ccc(C)o1. The number of furan rings is 1. The predicted molar refractivity (Wildman–Crippen MR) is 130 cm³/mol. The zero-order chi connectivity index (χ0) is 24.3. The average Bonchev–Trinajstić information content (AvgIpc) is 3.43. The first kappa shape index (κ1) is 23.8. The molecule has 3 aromatic heterocycles. The van der Waals surface area contributed by atoms with Crippen molar-refractivity contribution in [1.82, 2.24) is 19.7 Å². The molecule has 10 nitrogen and oxygen atoms in total. The second kappa shape index (κ2) is 9.85. The van der Waals surface area contributed by atoms with Gasteiger partial charge in [0.15, 0.2) is 5.76 Å². The monoisotopic (exact) mass is 547 g/mol. The van der Waals surface area contributed by atoms with E-state index >= 15 is 0 Å². The number of hydrogen-bond donors (Lipinski definition) is 1. The van der Waals surface area contributed by atoms with Gasteiger partial charge in [0.25, 0.3) is 0 Å². The summed E-state index contributed by atoms with van der Waals surface area (Å²) < 4.78 is 47.6. The van der Waals surface area contributed by atoms with E-state index in [1.54, 1.807) is 49.5 Å². The Kier molecular flexibility index (Phi) is 6.89. The molecule has 0 bridgehead atoms. The molecular formula is C22H22BrN5O5S. The first-order valence-electron chi connectivity index (χ1n) is 10.2. The molecule has 0 saturated carbocycles. The van der Waals surface area contributed by atoms with E-state index in [1.807, 2.05) is 6.07 Å². The van der Waals surface area contributed by atoms with E-state index in [4.69, 9.17) is 13.9 Å². The Hall–Kier alpha value is -3.38. The molecule has 0 aliphatic rings. The molecule has 0 aliphatic carbocycles. The summed E-state index contributed by atoms with van der Waals surface area (Å²) in [5, 5.41) is 8.31. The number of nitrogens with zero attached hydrogens (tertiary/aromatic N) is 4. The molecule has 178 valence electrons. The third-order valence-electron chi connectivity index (χ3n) is 4.91. The highest BCUT2D eigenvalue weighted by atomic mass is 79.9. The summed E-state index contributed by atoms with van der Waals surface area (Å²) in [5.74, 6) is 1.99. The van der Waals surface area contributed by atoms with Crippen molar-refractivity contribution in [1.29, 1.82) is 0 Å². The molecule has 0 unspecified atom stereocenters. The van der Waals surface area contributed by atoms with Crippen molar-refractivity contribution in [3.63, 3.8) is 0 Å². The van der Waals surface area contributed by atoms with E-state index in [-0.39, 0.29) is 23.9 Å². The highest BCUT2D eigenvalue weighted by Crippen LogP contribution is 2.38. The molecule has 3 heterocycles. The van der Waals surface area contributed by atoms with Crippen molar-refractivity contribution in [3.05, 3.63) is 64.6 Å². The number of anilines is 1. The molecule has 0 atom stereocenters. The van der Waals surface area contributed by atoms with Crippen molar-refractivity contribution in [2.24, 2.45) is 0 Å². The van der Waals surface area contributed by atoms with Crippen LogP contribution in [0.25, 0.3) is 17.3 Å². The Balaban J connectivity index is 1.75. The fourth-order valence-corrected chi connectivity index (χ4v) is 4.54. The number of para-hydroxylation sites is 1. The fraction of sp³-hybridized carbons (Fsp3) is 0.227. The van der Waals surface area contributed by atoms with Crippen LogP contribution in [-0.2, 0) is 16.4 Å². The smallest absolute Gasteiger partial charge is 0.243 e. The molecule has 0 amide bonds. The van der Waals surface area contributed by atoms with Gasteiger partial charge in [-0.25, -0.2) is 8.42 Å². The minimum atomic E-state index is -3.81. The number of sulfonamides is 1. The molecule has 0 aliphatic heterocycles. The number of rotatable bonds is 9. The van der Waals surface area contributed by atoms with Gasteiger partial charge < -0.3 is 13.9 Å². The maximum Gasteiger partial charge on any atom is 0.243 e. The molecular weight excluding hydrogens is 526 g/mol. The Bertz CT molecular complexity index is 1380. The molecule has 12 heteroatoms. The van der Waals surface area contributed by atoms with Gasteiger partial charge in [-0.1, -0.05) is 6.07 Å². The molecule has 4 rings (SSSR count). The van der Waals surface area contributed by atoms with Gasteiger partial charge in [-0.05, 0) is 59.3 Å². The van der Waals surface area contributed by atoms with Crippen LogP contribution in [0.2, 0.25) is 0 Å². The number of benzene rings is 1. The van der Waals surface area contributed by atoms with E-state index in [0.29, 0.717) is 34.4 Å². The lowest BCUT2D eigenvalue weighted by Gasteiger charge is -2.17. The minimum absolute atomic E-state index is 0.0318. The lowest BCUT2D eigenvalue weighted by Crippen LogP contribution is -2.21. The number of methoxy groups -OCH3 is 2. The highest BCUT2D eigenvalue weighted by Gasteiger charge is 2.26. The van der Waals surface area contributed by atoms with Crippen molar-refractivity contribution in [2.45, 2.75) is 13.3 Å². The lowest BCUT2D eigenvalue weighted by atomic mass is 10.2. The molecule has 0 fully saturated rings. The summed E-state index contributed by atoms with van der Waals surface area (Å²) in [6, 6.07) is 12.3. The Morgan fingerprint density at radius 3 is 2.38 bits per heavy atom. The third kappa shape index (κ3) is 5.07. The van der Waals surface area contributed by atoms with Crippen LogP contribution in [0.15, 0.2) is 57.6 Å². The number of pyridine rings is 1. The van der Waals surface area contributed by atoms with Gasteiger partial charge in [-0.3, -0.25) is 14.3 Å². The first-order valence-corrected chi connectivity index (χ1v) is 12.6. The minimum Gasteiger partial charge on any atom is -0.494 e. The molecule has 34 heavy (non-hydrogen) atoms. The third-order valence-corrected chi connectivity index (χ3v) is 6.62. The zero-order valence-electron chi connectivity index (χ0n) is 18.6. The van der Waals surface area contributed by atoms with E-state index < -0.39 is 10.0 Å². The van der Waals surface area contributed by atoms with Crippen molar-refractivity contribution < 1.29 is 22.3 Å². The number of ether oxygens (including phenoxy) is 2. The Morgan fingerprint density at radius 2 is 1.79 bits per heavy atom. The summed E-state index contributed by atoms with van der Waals surface area (Å²) in [7, 11) is -0.797. The average molecular weight is 548 g/mol. The molecule has 1 aromatic carbocycles. The number of aryl methyl sites for hydroxylation is 2. The summed E-state index contributed by atoms with van der Waals surface area (Å²) in [5.41, 5.74) is 1.07. The van der Waals surface area contributed by atoms with E-state index in [0.717, 1.165) is 4.47 Å². The van der Waals surface area contributed by atoms with Crippen molar-refractivity contribution >= 4 is 31.9 Å². The van der Waals surface area contributed by atoms with Crippen LogP contribution < -0.4 is 14.2 Å². The normalized spacial score (nSPS) is 11.4. The van der Waals surface area contributed by atoms with Gasteiger partial charge in [0.2, 0.25) is 21.8 Å². The van der Waals surface area contributed by atoms with Gasteiger partial charge in [0, 0.05) is 22.8 Å². The predicted octanol–water partition coefficient (Wildman–Crippen LogP) is 3.99. The maximum absolute atomic E-state index is 13.0. The van der Waals surface area contributed by atoms with Gasteiger partial charge in [0.1, 0.15) is 22.9 Å².